The van der Waals surface area contributed by atoms with E-state index in [0.717, 1.165) is 37.6 Å². The summed E-state index contributed by atoms with van der Waals surface area (Å²) in [5, 5.41) is 4.10. The van der Waals surface area contributed by atoms with Crippen LogP contribution < -0.4 is 20.7 Å². The van der Waals surface area contributed by atoms with Crippen molar-refractivity contribution in [1.82, 2.24) is 0 Å². The second-order valence-corrected chi connectivity index (χ2v) is 13.3. The number of benzene rings is 4. The van der Waals surface area contributed by atoms with E-state index in [-0.39, 0.29) is 6.10 Å². The lowest BCUT2D eigenvalue weighted by Crippen LogP contribution is -2.32. The number of para-hydroxylation sites is 1. The molecule has 3 heteroatoms. The molecule has 4 aromatic carbocycles. The maximum absolute atomic E-state index is 13.5. The van der Waals surface area contributed by atoms with E-state index in [9.17, 15) is 4.39 Å². The number of hydrogen-bond donors (Lipinski definition) is 0. The summed E-state index contributed by atoms with van der Waals surface area (Å²) in [6, 6.07) is 41.5. The Morgan fingerprint density at radius 2 is 1.14 bits per heavy atom. The van der Waals surface area contributed by atoms with Gasteiger partial charge in [0.15, 0.2) is 0 Å². The van der Waals surface area contributed by atoms with Crippen LogP contribution in [0.4, 0.5) is 4.39 Å². The van der Waals surface area contributed by atoms with Gasteiger partial charge in [-0.05, 0) is 75.1 Å². The van der Waals surface area contributed by atoms with Crippen LogP contribution in [0, 0.1) is 0 Å². The molecule has 0 radical (unpaired) electrons. The first-order valence-electron chi connectivity index (χ1n) is 13.6. The normalized spacial score (nSPS) is 13.2. The molecule has 0 heterocycles. The van der Waals surface area contributed by atoms with E-state index in [1.165, 1.54) is 21.5 Å². The molecule has 1 nitrogen and oxygen atoms in total. The molecule has 0 bridgehead atoms. The van der Waals surface area contributed by atoms with Crippen molar-refractivity contribution in [3.8, 4) is 5.75 Å². The molecule has 2 unspecified atom stereocenters. The zero-order valence-corrected chi connectivity index (χ0v) is 23.0. The summed E-state index contributed by atoms with van der Waals surface area (Å²) in [5.74, 6) is 0.960. The number of ether oxygens (including phenoxy) is 1. The van der Waals surface area contributed by atoms with Crippen molar-refractivity contribution in [3.63, 3.8) is 0 Å². The van der Waals surface area contributed by atoms with Crippen LogP contribution in [-0.4, -0.2) is 12.3 Å². The number of rotatable bonds is 13. The molecule has 0 saturated heterocycles. The first kappa shape index (κ1) is 27.1. The van der Waals surface area contributed by atoms with E-state index in [1.807, 2.05) is 0 Å². The van der Waals surface area contributed by atoms with E-state index < -0.39 is 13.4 Å². The smallest absolute Gasteiger partial charge is 0.126 e. The van der Waals surface area contributed by atoms with Crippen LogP contribution in [0.2, 0.25) is 0 Å². The van der Waals surface area contributed by atoms with Crippen LogP contribution in [-0.2, 0) is 6.16 Å². The minimum Gasteiger partial charge on any atom is -0.490 e. The van der Waals surface area contributed by atoms with Crippen LogP contribution >= 0.6 is 7.26 Å². The molecule has 0 saturated carbocycles. The minimum absolute atomic E-state index is 0.0998. The van der Waals surface area contributed by atoms with Crippen molar-refractivity contribution in [3.05, 3.63) is 121 Å². The Bertz CT molecular complexity index is 1100. The van der Waals surface area contributed by atoms with Gasteiger partial charge in [0.1, 0.15) is 35.1 Å². The van der Waals surface area contributed by atoms with Gasteiger partial charge in [0, 0.05) is 5.56 Å². The predicted octanol–water partition coefficient (Wildman–Crippen LogP) is 8.26. The monoisotopic (exact) mass is 513 g/mol. The van der Waals surface area contributed by atoms with Gasteiger partial charge in [0.2, 0.25) is 0 Å². The van der Waals surface area contributed by atoms with E-state index in [0.29, 0.717) is 6.42 Å². The van der Waals surface area contributed by atoms with Crippen molar-refractivity contribution in [1.29, 1.82) is 0 Å². The summed E-state index contributed by atoms with van der Waals surface area (Å²) in [6.45, 7) is 3.84. The molecule has 0 amide bonds. The molecule has 37 heavy (non-hydrogen) atoms. The van der Waals surface area contributed by atoms with Crippen molar-refractivity contribution < 1.29 is 9.13 Å². The highest BCUT2D eigenvalue weighted by molar-refractivity contribution is 7.95. The van der Waals surface area contributed by atoms with E-state index in [1.54, 1.807) is 6.92 Å². The summed E-state index contributed by atoms with van der Waals surface area (Å²) in [5.41, 5.74) is 1.23. The van der Waals surface area contributed by atoms with Gasteiger partial charge in [-0.15, -0.1) is 0 Å². The highest BCUT2D eigenvalue weighted by Crippen LogP contribution is 2.59. The molecule has 4 rings (SSSR count). The lowest BCUT2D eigenvalue weighted by molar-refractivity contribution is 0.170. The largest absolute Gasteiger partial charge is 0.490 e. The second-order valence-electron chi connectivity index (χ2n) is 9.82. The Hall–Kier alpha value is -2.96. The van der Waals surface area contributed by atoms with Gasteiger partial charge in [-0.3, -0.25) is 0 Å². The van der Waals surface area contributed by atoms with E-state index >= 15 is 0 Å². The average molecular weight is 514 g/mol. The van der Waals surface area contributed by atoms with Crippen molar-refractivity contribution in [2.24, 2.45) is 0 Å². The summed E-state index contributed by atoms with van der Waals surface area (Å²) in [4.78, 5) is 0. The Labute approximate surface area is 223 Å². The van der Waals surface area contributed by atoms with Crippen LogP contribution in [0.5, 0.6) is 5.75 Å². The van der Waals surface area contributed by atoms with Gasteiger partial charge >= 0.3 is 0 Å². The molecule has 192 valence electrons. The quantitative estimate of drug-likeness (QED) is 0.164. The van der Waals surface area contributed by atoms with E-state index in [2.05, 4.69) is 122 Å². The van der Waals surface area contributed by atoms with Gasteiger partial charge in [-0.1, -0.05) is 86.1 Å². The highest BCUT2D eigenvalue weighted by atomic mass is 31.2. The van der Waals surface area contributed by atoms with Crippen molar-refractivity contribution in [2.75, 3.05) is 0 Å². The fourth-order valence-corrected chi connectivity index (χ4v) is 9.42. The Balaban J connectivity index is 1.78. The van der Waals surface area contributed by atoms with Crippen LogP contribution in [0.3, 0.4) is 0 Å². The molecular formula is C34H39FOP+. The summed E-state index contributed by atoms with van der Waals surface area (Å²) in [6.07, 6.45) is 4.56. The third-order valence-corrected chi connectivity index (χ3v) is 11.4. The number of halogens is 1. The van der Waals surface area contributed by atoms with Crippen LogP contribution in [0.1, 0.15) is 51.5 Å². The van der Waals surface area contributed by atoms with Crippen LogP contribution in [0.15, 0.2) is 115 Å². The van der Waals surface area contributed by atoms with Gasteiger partial charge in [0.05, 0.1) is 12.3 Å². The summed E-state index contributed by atoms with van der Waals surface area (Å²) >= 11 is 0. The number of hydrogen-bond acceptors (Lipinski definition) is 1. The Morgan fingerprint density at radius 1 is 0.649 bits per heavy atom. The molecule has 0 fully saturated rings. The molecule has 0 aromatic heterocycles. The van der Waals surface area contributed by atoms with E-state index in [4.69, 9.17) is 4.74 Å². The molecular weight excluding hydrogens is 474 g/mol. The SMILES string of the molecule is CCCC(CCCC(C)F)Oc1ccccc1C[P+](c1ccccc1)(c1ccccc1)c1ccccc1. The lowest BCUT2D eigenvalue weighted by atomic mass is 10.1. The van der Waals surface area contributed by atoms with Gasteiger partial charge in [0.25, 0.3) is 0 Å². The lowest BCUT2D eigenvalue weighted by Gasteiger charge is -2.29. The fraction of sp³-hybridized carbons (Fsp3) is 0.294. The minimum atomic E-state index is -2.02. The van der Waals surface area contributed by atoms with Gasteiger partial charge in [-0.25, -0.2) is 4.39 Å². The van der Waals surface area contributed by atoms with Crippen molar-refractivity contribution in [2.45, 2.75) is 64.4 Å². The highest BCUT2D eigenvalue weighted by Gasteiger charge is 2.46. The molecule has 4 aromatic rings. The molecule has 0 N–H and O–H groups in total. The first-order chi connectivity index (χ1) is 18.1. The average Bonchev–Trinajstić information content (AvgIpc) is 2.94. The topological polar surface area (TPSA) is 9.23 Å². The predicted molar refractivity (Wildman–Crippen MR) is 159 cm³/mol. The van der Waals surface area contributed by atoms with Gasteiger partial charge in [-0.2, -0.15) is 0 Å². The van der Waals surface area contributed by atoms with Crippen LogP contribution in [0.25, 0.3) is 0 Å². The molecule has 0 aliphatic rings. The zero-order valence-electron chi connectivity index (χ0n) is 22.1. The molecule has 0 aliphatic heterocycles. The Kier molecular flexibility index (Phi) is 9.92. The third-order valence-electron chi connectivity index (χ3n) is 7.00. The molecule has 0 spiro atoms. The third kappa shape index (κ3) is 6.88. The summed E-state index contributed by atoms with van der Waals surface area (Å²) < 4.78 is 20.2. The first-order valence-corrected chi connectivity index (χ1v) is 15.5. The number of alkyl halides is 1. The molecule has 0 aliphatic carbocycles. The fourth-order valence-electron chi connectivity index (χ4n) is 5.16. The van der Waals surface area contributed by atoms with Crippen molar-refractivity contribution >= 4 is 23.2 Å². The Morgan fingerprint density at radius 3 is 1.62 bits per heavy atom. The zero-order chi connectivity index (χ0) is 25.9. The maximum Gasteiger partial charge on any atom is 0.126 e. The van der Waals surface area contributed by atoms with Gasteiger partial charge < -0.3 is 4.74 Å². The second kappa shape index (κ2) is 13.5. The summed E-state index contributed by atoms with van der Waals surface area (Å²) in [7, 11) is -2.02. The molecule has 2 atom stereocenters. The maximum atomic E-state index is 13.5. The standard InChI is InChI=1S/C34H39FOP/c1-3-16-30(19-15-17-28(2)35)36-34-26-14-13-18-29(34)27-37(31-20-7-4-8-21-31,32-22-9-5-10-23-32)33-24-11-6-12-25-33/h4-14,18,20-26,28,30H,3,15-17,19,27H2,1-2H3/q+1.